The van der Waals surface area contributed by atoms with E-state index in [9.17, 15) is 14.9 Å². The molecular formula is C12H10N4O4. The Morgan fingerprint density at radius 1 is 1.30 bits per heavy atom. The summed E-state index contributed by atoms with van der Waals surface area (Å²) in [4.78, 5) is 26.9. The first-order chi connectivity index (χ1) is 9.47. The SMILES string of the molecule is Cc1noc(C)c1-c1cc([N+](=O)[O-])c2[nH]c(=O)[nH]c2c1. The molecule has 0 atom stereocenters. The Hall–Kier alpha value is -2.90. The summed E-state index contributed by atoms with van der Waals surface area (Å²) in [5.41, 5.74) is 1.80. The summed E-state index contributed by atoms with van der Waals surface area (Å²) in [6, 6.07) is 3.06. The molecule has 2 heterocycles. The van der Waals surface area contributed by atoms with Gasteiger partial charge in [-0.05, 0) is 25.5 Å². The lowest BCUT2D eigenvalue weighted by molar-refractivity contribution is -0.383. The van der Waals surface area contributed by atoms with E-state index in [4.69, 9.17) is 4.52 Å². The van der Waals surface area contributed by atoms with Crippen LogP contribution >= 0.6 is 0 Å². The Labute approximate surface area is 111 Å². The fourth-order valence-electron chi connectivity index (χ4n) is 2.31. The van der Waals surface area contributed by atoms with Crippen LogP contribution in [0.25, 0.3) is 22.2 Å². The van der Waals surface area contributed by atoms with Gasteiger partial charge in [0.1, 0.15) is 11.3 Å². The summed E-state index contributed by atoms with van der Waals surface area (Å²) in [7, 11) is 0. The first-order valence-electron chi connectivity index (χ1n) is 5.81. The van der Waals surface area contributed by atoms with E-state index < -0.39 is 10.6 Å². The largest absolute Gasteiger partial charge is 0.361 e. The molecule has 0 bridgehead atoms. The maximum absolute atomic E-state index is 11.3. The van der Waals surface area contributed by atoms with E-state index in [-0.39, 0.29) is 11.2 Å². The number of aromatic nitrogens is 3. The number of hydrogen-bond acceptors (Lipinski definition) is 5. The van der Waals surface area contributed by atoms with Crippen LogP contribution in [-0.4, -0.2) is 20.0 Å². The maximum Gasteiger partial charge on any atom is 0.324 e. The van der Waals surface area contributed by atoms with Gasteiger partial charge in [0, 0.05) is 11.6 Å². The topological polar surface area (TPSA) is 118 Å². The van der Waals surface area contributed by atoms with Crippen LogP contribution < -0.4 is 5.69 Å². The molecule has 0 saturated carbocycles. The molecule has 1 aromatic carbocycles. The van der Waals surface area contributed by atoms with Gasteiger partial charge in [0.25, 0.3) is 5.69 Å². The standard InChI is InChI=1S/C12H10N4O4/c1-5-10(6(2)20-15-5)7-3-8-11(14-12(17)13-8)9(4-7)16(18)19/h3-4H,1-2H3,(H2,13,14,17). The number of aromatic amines is 2. The lowest BCUT2D eigenvalue weighted by Crippen LogP contribution is -1.99. The molecule has 2 N–H and O–H groups in total. The van der Waals surface area contributed by atoms with Crippen LogP contribution in [0, 0.1) is 24.0 Å². The summed E-state index contributed by atoms with van der Waals surface area (Å²) in [6.07, 6.45) is 0. The van der Waals surface area contributed by atoms with Crippen molar-refractivity contribution in [2.24, 2.45) is 0 Å². The number of nitro groups is 1. The smallest absolute Gasteiger partial charge is 0.324 e. The number of non-ortho nitro benzene ring substituents is 1. The van der Waals surface area contributed by atoms with E-state index >= 15 is 0 Å². The third-order valence-corrected chi connectivity index (χ3v) is 3.12. The second-order valence-corrected chi connectivity index (χ2v) is 4.45. The summed E-state index contributed by atoms with van der Waals surface area (Å²) < 4.78 is 5.07. The van der Waals surface area contributed by atoms with Crippen molar-refractivity contribution < 1.29 is 9.45 Å². The van der Waals surface area contributed by atoms with Gasteiger partial charge in [-0.3, -0.25) is 10.1 Å². The van der Waals surface area contributed by atoms with Crippen molar-refractivity contribution in [3.8, 4) is 11.1 Å². The van der Waals surface area contributed by atoms with Crippen molar-refractivity contribution >= 4 is 16.7 Å². The molecule has 0 radical (unpaired) electrons. The van der Waals surface area contributed by atoms with Gasteiger partial charge in [-0.2, -0.15) is 0 Å². The lowest BCUT2D eigenvalue weighted by Gasteiger charge is -2.01. The molecule has 102 valence electrons. The Kier molecular flexibility index (Phi) is 2.46. The van der Waals surface area contributed by atoms with Gasteiger partial charge in [0.15, 0.2) is 0 Å². The Bertz CT molecular complexity index is 867. The molecule has 0 aliphatic rings. The van der Waals surface area contributed by atoms with Gasteiger partial charge >= 0.3 is 5.69 Å². The Morgan fingerprint density at radius 2 is 2.05 bits per heavy atom. The Balaban J connectivity index is 2.38. The van der Waals surface area contributed by atoms with Crippen molar-refractivity contribution in [2.75, 3.05) is 0 Å². The van der Waals surface area contributed by atoms with Crippen LogP contribution in [-0.2, 0) is 0 Å². The second-order valence-electron chi connectivity index (χ2n) is 4.45. The van der Waals surface area contributed by atoms with Crippen LogP contribution in [0.4, 0.5) is 5.69 Å². The number of nitrogens with one attached hydrogen (secondary N) is 2. The van der Waals surface area contributed by atoms with E-state index in [1.54, 1.807) is 19.9 Å². The van der Waals surface area contributed by atoms with Gasteiger partial charge in [-0.15, -0.1) is 0 Å². The minimum atomic E-state index is -0.534. The highest BCUT2D eigenvalue weighted by Crippen LogP contribution is 2.33. The number of imidazole rings is 1. The van der Waals surface area contributed by atoms with Crippen molar-refractivity contribution in [3.63, 3.8) is 0 Å². The van der Waals surface area contributed by atoms with Gasteiger partial charge in [0.05, 0.1) is 16.1 Å². The van der Waals surface area contributed by atoms with Crippen LogP contribution in [0.1, 0.15) is 11.5 Å². The van der Waals surface area contributed by atoms with Crippen molar-refractivity contribution in [1.82, 2.24) is 15.1 Å². The van der Waals surface area contributed by atoms with Crippen molar-refractivity contribution in [1.29, 1.82) is 0 Å². The highest BCUT2D eigenvalue weighted by Gasteiger charge is 2.20. The number of nitrogens with zero attached hydrogens (tertiary/aromatic N) is 2. The normalized spacial score (nSPS) is 11.1. The maximum atomic E-state index is 11.3. The molecule has 0 unspecified atom stereocenters. The number of fused-ring (bicyclic) bond motifs is 1. The monoisotopic (exact) mass is 274 g/mol. The second kappa shape index (κ2) is 4.05. The zero-order valence-electron chi connectivity index (χ0n) is 10.7. The summed E-state index contributed by atoms with van der Waals surface area (Å²) >= 11 is 0. The van der Waals surface area contributed by atoms with Crippen molar-refractivity contribution in [2.45, 2.75) is 13.8 Å². The molecule has 3 aromatic rings. The van der Waals surface area contributed by atoms with Gasteiger partial charge < -0.3 is 14.5 Å². The third-order valence-electron chi connectivity index (χ3n) is 3.12. The van der Waals surface area contributed by atoms with Crippen LogP contribution in [0.3, 0.4) is 0 Å². The van der Waals surface area contributed by atoms with E-state index in [0.717, 1.165) is 0 Å². The van der Waals surface area contributed by atoms with E-state index in [1.165, 1.54) is 6.07 Å². The molecule has 0 spiro atoms. The third kappa shape index (κ3) is 1.69. The summed E-state index contributed by atoms with van der Waals surface area (Å²) in [5.74, 6) is 0.564. The van der Waals surface area contributed by atoms with Crippen LogP contribution in [0.2, 0.25) is 0 Å². The minimum Gasteiger partial charge on any atom is -0.361 e. The average Bonchev–Trinajstić information content (AvgIpc) is 2.90. The average molecular weight is 274 g/mol. The molecule has 20 heavy (non-hydrogen) atoms. The number of hydrogen-bond donors (Lipinski definition) is 2. The molecular weight excluding hydrogens is 264 g/mol. The number of nitro benzene ring substituents is 1. The predicted octanol–water partition coefficient (Wildman–Crippen LogP) is 2.04. The van der Waals surface area contributed by atoms with E-state index in [0.29, 0.717) is 28.1 Å². The molecule has 0 aliphatic carbocycles. The molecule has 8 heteroatoms. The summed E-state index contributed by atoms with van der Waals surface area (Å²) in [6.45, 7) is 3.48. The van der Waals surface area contributed by atoms with Crippen LogP contribution in [0.5, 0.6) is 0 Å². The number of benzene rings is 1. The number of H-pyrrole nitrogens is 2. The first kappa shape index (κ1) is 12.2. The molecule has 2 aromatic heterocycles. The highest BCUT2D eigenvalue weighted by atomic mass is 16.6. The Morgan fingerprint density at radius 3 is 2.65 bits per heavy atom. The van der Waals surface area contributed by atoms with Crippen molar-refractivity contribution in [3.05, 3.63) is 44.2 Å². The van der Waals surface area contributed by atoms with Gasteiger partial charge in [-0.1, -0.05) is 5.16 Å². The fraction of sp³-hybridized carbons (Fsp3) is 0.167. The molecule has 0 amide bonds. The van der Waals surface area contributed by atoms with Crippen LogP contribution in [0.15, 0.2) is 21.5 Å². The number of rotatable bonds is 2. The van der Waals surface area contributed by atoms with E-state index in [2.05, 4.69) is 15.1 Å². The molecule has 0 aliphatic heterocycles. The van der Waals surface area contributed by atoms with Gasteiger partial charge in [-0.25, -0.2) is 4.79 Å². The zero-order chi connectivity index (χ0) is 14.4. The fourth-order valence-corrected chi connectivity index (χ4v) is 2.31. The summed E-state index contributed by atoms with van der Waals surface area (Å²) in [5, 5.41) is 15.0. The first-order valence-corrected chi connectivity index (χ1v) is 5.81. The minimum absolute atomic E-state index is 0.171. The zero-order valence-corrected chi connectivity index (χ0v) is 10.7. The predicted molar refractivity (Wildman–Crippen MR) is 70.5 cm³/mol. The van der Waals surface area contributed by atoms with Gasteiger partial charge in [0.2, 0.25) is 0 Å². The molecule has 0 fully saturated rings. The van der Waals surface area contributed by atoms with E-state index in [1.807, 2.05) is 0 Å². The quantitative estimate of drug-likeness (QED) is 0.547. The highest BCUT2D eigenvalue weighted by molar-refractivity contribution is 5.90. The lowest BCUT2D eigenvalue weighted by atomic mass is 10.0. The number of aryl methyl sites for hydroxylation is 2. The molecule has 3 rings (SSSR count). The molecule has 0 saturated heterocycles. The molecule has 8 nitrogen and oxygen atoms in total.